The van der Waals surface area contributed by atoms with Gasteiger partial charge in [0.25, 0.3) is 0 Å². The van der Waals surface area contributed by atoms with Crippen molar-refractivity contribution < 1.29 is 9.59 Å². The molecule has 160 valence electrons. The van der Waals surface area contributed by atoms with Crippen molar-refractivity contribution in [3.63, 3.8) is 0 Å². The number of fused-ring (bicyclic) bond motifs is 1. The molecule has 0 unspecified atom stereocenters. The van der Waals surface area contributed by atoms with E-state index < -0.39 is 5.41 Å². The zero-order valence-corrected chi connectivity index (χ0v) is 19.0. The number of carbonyl (C=O) groups is 2. The molecule has 1 aromatic heterocycles. The van der Waals surface area contributed by atoms with Gasteiger partial charge in [0.15, 0.2) is 0 Å². The summed E-state index contributed by atoms with van der Waals surface area (Å²) in [6.45, 7) is 16.1. The molecule has 0 aliphatic heterocycles. The van der Waals surface area contributed by atoms with E-state index in [1.807, 2.05) is 54.5 Å². The third-order valence-corrected chi connectivity index (χ3v) is 4.64. The number of para-hydroxylation sites is 2. The first-order valence-electron chi connectivity index (χ1n) is 10.5. The lowest BCUT2D eigenvalue weighted by molar-refractivity contribution is -0.132. The average Bonchev–Trinajstić information content (AvgIpc) is 2.95. The minimum Gasteiger partial charge on any atom is -0.348 e. The smallest absolute Gasteiger partial charge is 0.242 e. The van der Waals surface area contributed by atoms with Gasteiger partial charge in [0, 0.05) is 18.5 Å². The van der Waals surface area contributed by atoms with Crippen LogP contribution in [-0.2, 0) is 22.7 Å². The Balaban J connectivity index is 2.29. The zero-order chi connectivity index (χ0) is 21.8. The van der Waals surface area contributed by atoms with Crippen LogP contribution in [-0.4, -0.2) is 39.4 Å². The first-order valence-corrected chi connectivity index (χ1v) is 10.5. The van der Waals surface area contributed by atoms with Crippen LogP contribution in [0.4, 0.5) is 0 Å². The number of amides is 2. The number of rotatable bonds is 8. The Kier molecular flexibility index (Phi) is 7.44. The maximum Gasteiger partial charge on any atom is 0.242 e. The van der Waals surface area contributed by atoms with Gasteiger partial charge in [0.05, 0.1) is 17.6 Å². The lowest BCUT2D eigenvalue weighted by atomic mass is 9.96. The predicted molar refractivity (Wildman–Crippen MR) is 117 cm³/mol. The highest BCUT2D eigenvalue weighted by atomic mass is 16.2. The molecule has 1 N–H and O–H groups in total. The maximum atomic E-state index is 13.2. The summed E-state index contributed by atoms with van der Waals surface area (Å²) in [5.41, 5.74) is 1.27. The molecule has 0 spiro atoms. The Morgan fingerprint density at radius 3 is 2.21 bits per heavy atom. The molecule has 0 bridgehead atoms. The molecule has 29 heavy (non-hydrogen) atoms. The van der Waals surface area contributed by atoms with Crippen molar-refractivity contribution in [1.29, 1.82) is 0 Å². The first-order chi connectivity index (χ1) is 13.5. The highest BCUT2D eigenvalue weighted by molar-refractivity contribution is 5.82. The van der Waals surface area contributed by atoms with Crippen LogP contribution in [0.2, 0.25) is 0 Å². The van der Waals surface area contributed by atoms with Crippen LogP contribution in [0.15, 0.2) is 24.3 Å². The van der Waals surface area contributed by atoms with E-state index >= 15 is 0 Å². The molecule has 1 aromatic carbocycles. The lowest BCUT2D eigenvalue weighted by Gasteiger charge is -2.27. The van der Waals surface area contributed by atoms with Gasteiger partial charge in [-0.25, -0.2) is 4.98 Å². The van der Waals surface area contributed by atoms with Crippen LogP contribution in [0.25, 0.3) is 11.0 Å². The van der Waals surface area contributed by atoms with Gasteiger partial charge in [-0.3, -0.25) is 9.59 Å². The fourth-order valence-corrected chi connectivity index (χ4v) is 3.26. The number of benzene rings is 1. The molecule has 2 amide bonds. The summed E-state index contributed by atoms with van der Waals surface area (Å²) >= 11 is 0. The largest absolute Gasteiger partial charge is 0.348 e. The number of nitrogens with one attached hydrogen (secondary N) is 1. The number of imidazole rings is 1. The van der Waals surface area contributed by atoms with E-state index in [4.69, 9.17) is 0 Å². The van der Waals surface area contributed by atoms with Gasteiger partial charge >= 0.3 is 0 Å². The van der Waals surface area contributed by atoms with Crippen molar-refractivity contribution >= 4 is 22.8 Å². The highest BCUT2D eigenvalue weighted by Crippen LogP contribution is 2.18. The molecule has 0 saturated carbocycles. The molecule has 0 radical (unpaired) electrons. The van der Waals surface area contributed by atoms with Crippen molar-refractivity contribution in [3.8, 4) is 0 Å². The molecular weight excluding hydrogens is 364 g/mol. The fraction of sp³-hybridized carbons (Fsp3) is 0.609. The average molecular weight is 401 g/mol. The second kappa shape index (κ2) is 9.42. The molecule has 0 aliphatic rings. The van der Waals surface area contributed by atoms with Gasteiger partial charge in [-0.05, 0) is 24.0 Å². The maximum absolute atomic E-state index is 13.2. The van der Waals surface area contributed by atoms with Gasteiger partial charge in [0.1, 0.15) is 12.4 Å². The van der Waals surface area contributed by atoms with E-state index in [9.17, 15) is 9.59 Å². The molecule has 2 aromatic rings. The minimum atomic E-state index is -0.474. The van der Waals surface area contributed by atoms with E-state index in [1.54, 1.807) is 0 Å². The van der Waals surface area contributed by atoms with Crippen LogP contribution in [0.5, 0.6) is 0 Å². The summed E-state index contributed by atoms with van der Waals surface area (Å²) in [6.07, 6.45) is 0. The molecule has 0 saturated heterocycles. The number of hydrogen-bond acceptors (Lipinski definition) is 3. The van der Waals surface area contributed by atoms with Crippen LogP contribution in [0, 0.1) is 17.3 Å². The van der Waals surface area contributed by atoms with Crippen LogP contribution >= 0.6 is 0 Å². The normalized spacial score (nSPS) is 12.0. The molecule has 0 atom stereocenters. The van der Waals surface area contributed by atoms with Gasteiger partial charge in [-0.15, -0.1) is 0 Å². The quantitative estimate of drug-likeness (QED) is 0.732. The summed E-state index contributed by atoms with van der Waals surface area (Å²) in [5, 5.41) is 2.96. The summed E-state index contributed by atoms with van der Waals surface area (Å²) in [7, 11) is 0. The number of nitrogens with zero attached hydrogens (tertiary/aromatic N) is 3. The minimum absolute atomic E-state index is 0.0383. The first kappa shape index (κ1) is 22.9. The van der Waals surface area contributed by atoms with Crippen LogP contribution < -0.4 is 5.32 Å². The highest BCUT2D eigenvalue weighted by Gasteiger charge is 2.23. The molecule has 0 fully saturated rings. The second-order valence-electron chi connectivity index (χ2n) is 9.62. The third-order valence-electron chi connectivity index (χ3n) is 4.64. The van der Waals surface area contributed by atoms with E-state index in [-0.39, 0.29) is 18.4 Å². The molecular formula is C23H36N4O2. The van der Waals surface area contributed by atoms with E-state index in [1.165, 1.54) is 0 Å². The molecule has 0 aliphatic carbocycles. The Hall–Kier alpha value is -2.37. The molecule has 6 nitrogen and oxygen atoms in total. The van der Waals surface area contributed by atoms with Gasteiger partial charge in [0.2, 0.25) is 11.8 Å². The zero-order valence-electron chi connectivity index (χ0n) is 19.0. The van der Waals surface area contributed by atoms with E-state index in [0.29, 0.717) is 24.2 Å². The van der Waals surface area contributed by atoms with Gasteiger partial charge in [-0.1, -0.05) is 60.6 Å². The second-order valence-corrected chi connectivity index (χ2v) is 9.62. The summed E-state index contributed by atoms with van der Waals surface area (Å²) in [5.74, 6) is 1.55. The van der Waals surface area contributed by atoms with Crippen molar-refractivity contribution in [2.24, 2.45) is 17.3 Å². The third kappa shape index (κ3) is 6.31. The standard InChI is InChI=1S/C23H36N4O2/c1-16(2)13-26(14-17(3)4)21(28)15-27-19-11-9-8-10-18(19)25-20(27)12-24-22(29)23(5,6)7/h8-11,16-17H,12-15H2,1-7H3,(H,24,29). The van der Waals surface area contributed by atoms with E-state index in [2.05, 4.69) is 38.0 Å². The van der Waals surface area contributed by atoms with E-state index in [0.717, 1.165) is 24.1 Å². The van der Waals surface area contributed by atoms with Crippen molar-refractivity contribution in [2.45, 2.75) is 61.6 Å². The Morgan fingerprint density at radius 1 is 1.07 bits per heavy atom. The SMILES string of the molecule is CC(C)CN(CC(C)C)C(=O)Cn1c(CNC(=O)C(C)(C)C)nc2ccccc21. The lowest BCUT2D eigenvalue weighted by Crippen LogP contribution is -2.39. The van der Waals surface area contributed by atoms with Gasteiger partial charge in [-0.2, -0.15) is 0 Å². The Labute approximate surface area is 174 Å². The van der Waals surface area contributed by atoms with Crippen molar-refractivity contribution in [2.75, 3.05) is 13.1 Å². The number of hydrogen-bond donors (Lipinski definition) is 1. The molecule has 2 rings (SSSR count). The Bertz CT molecular complexity index is 836. The Morgan fingerprint density at radius 2 is 1.66 bits per heavy atom. The fourth-order valence-electron chi connectivity index (χ4n) is 3.26. The van der Waals surface area contributed by atoms with Crippen LogP contribution in [0.3, 0.4) is 0 Å². The molecule has 1 heterocycles. The molecule has 6 heteroatoms. The summed E-state index contributed by atoms with van der Waals surface area (Å²) in [6, 6.07) is 7.79. The van der Waals surface area contributed by atoms with Gasteiger partial charge < -0.3 is 14.8 Å². The topological polar surface area (TPSA) is 67.2 Å². The monoisotopic (exact) mass is 400 g/mol. The summed E-state index contributed by atoms with van der Waals surface area (Å²) < 4.78 is 1.94. The van der Waals surface area contributed by atoms with Crippen molar-refractivity contribution in [3.05, 3.63) is 30.1 Å². The van der Waals surface area contributed by atoms with Crippen molar-refractivity contribution in [1.82, 2.24) is 19.8 Å². The van der Waals surface area contributed by atoms with Crippen LogP contribution in [0.1, 0.15) is 54.3 Å². The predicted octanol–water partition coefficient (Wildman–Crippen LogP) is 3.84. The number of carbonyl (C=O) groups excluding carboxylic acids is 2. The summed E-state index contributed by atoms with van der Waals surface area (Å²) in [4.78, 5) is 32.1. The number of aromatic nitrogens is 2.